The summed E-state index contributed by atoms with van der Waals surface area (Å²) in [5.74, 6) is 0. The smallest absolute Gasteiger partial charge is 0.0815 e. The molecule has 0 saturated heterocycles. The quantitative estimate of drug-likeness (QED) is 0.811. The van der Waals surface area contributed by atoms with Crippen LogP contribution in [0, 0.1) is 6.92 Å². The number of hydrogen-bond donors (Lipinski definition) is 1. The van der Waals surface area contributed by atoms with Gasteiger partial charge in [0.25, 0.3) is 0 Å². The van der Waals surface area contributed by atoms with Crippen molar-refractivity contribution < 1.29 is 0 Å². The second kappa shape index (κ2) is 6.93. The van der Waals surface area contributed by atoms with Crippen molar-refractivity contribution in [2.75, 3.05) is 5.32 Å². The number of halogens is 1. The van der Waals surface area contributed by atoms with E-state index < -0.39 is 0 Å². The average Bonchev–Trinajstić information content (AvgIpc) is 2.90. The van der Waals surface area contributed by atoms with E-state index in [0.717, 1.165) is 35.2 Å². The van der Waals surface area contributed by atoms with Crippen molar-refractivity contribution >= 4 is 21.6 Å². The molecule has 2 aromatic rings. The molecule has 0 fully saturated rings. The lowest BCUT2D eigenvalue weighted by Crippen LogP contribution is -2.09. The van der Waals surface area contributed by atoms with Crippen LogP contribution in [0.15, 0.2) is 34.9 Å². The van der Waals surface area contributed by atoms with Crippen LogP contribution in [0.4, 0.5) is 5.69 Å². The van der Waals surface area contributed by atoms with Crippen LogP contribution in [0.5, 0.6) is 0 Å². The van der Waals surface area contributed by atoms with Gasteiger partial charge in [0, 0.05) is 16.4 Å². The predicted molar refractivity (Wildman–Crippen MR) is 88.1 cm³/mol. The van der Waals surface area contributed by atoms with Gasteiger partial charge in [0.15, 0.2) is 0 Å². The zero-order valence-corrected chi connectivity index (χ0v) is 13.9. The Morgan fingerprint density at radius 3 is 2.65 bits per heavy atom. The first-order valence-corrected chi connectivity index (χ1v) is 7.97. The van der Waals surface area contributed by atoms with Crippen molar-refractivity contribution in [3.05, 3.63) is 46.2 Å². The molecule has 0 atom stereocenters. The minimum atomic E-state index is 0.511. The van der Waals surface area contributed by atoms with E-state index in [2.05, 4.69) is 82.3 Å². The van der Waals surface area contributed by atoms with Crippen molar-refractivity contribution in [1.82, 2.24) is 9.78 Å². The minimum absolute atomic E-state index is 0.511. The molecule has 0 bridgehead atoms. The Hall–Kier alpha value is -1.29. The summed E-state index contributed by atoms with van der Waals surface area (Å²) in [5, 5.41) is 8.06. The largest absolute Gasteiger partial charge is 0.379 e. The lowest BCUT2D eigenvalue weighted by Gasteiger charge is -2.12. The van der Waals surface area contributed by atoms with Gasteiger partial charge in [-0.3, -0.25) is 4.68 Å². The van der Waals surface area contributed by atoms with E-state index in [1.165, 1.54) is 5.56 Å². The standard InChI is InChI=1S/C16H22BrN3/c1-4-15(5-2)20-9-8-14(19-20)11-18-13-7-6-12(3)16(17)10-13/h6-10,15,18H,4-5,11H2,1-3H3. The van der Waals surface area contributed by atoms with E-state index in [9.17, 15) is 0 Å². The lowest BCUT2D eigenvalue weighted by atomic mass is 10.2. The van der Waals surface area contributed by atoms with Crippen molar-refractivity contribution in [2.24, 2.45) is 0 Å². The van der Waals surface area contributed by atoms with Crippen LogP contribution in [-0.4, -0.2) is 9.78 Å². The third kappa shape index (κ3) is 3.63. The Labute approximate surface area is 129 Å². The first-order valence-electron chi connectivity index (χ1n) is 7.18. The summed E-state index contributed by atoms with van der Waals surface area (Å²) >= 11 is 3.55. The molecule has 0 aliphatic heterocycles. The molecule has 0 aliphatic carbocycles. The Kier molecular flexibility index (Phi) is 5.24. The molecule has 0 radical (unpaired) electrons. The van der Waals surface area contributed by atoms with Crippen molar-refractivity contribution in [3.8, 4) is 0 Å². The molecule has 3 nitrogen and oxygen atoms in total. The highest BCUT2D eigenvalue weighted by Crippen LogP contribution is 2.21. The number of benzene rings is 1. The SMILES string of the molecule is CCC(CC)n1ccc(CNc2ccc(C)c(Br)c2)n1. The van der Waals surface area contributed by atoms with E-state index in [0.29, 0.717) is 6.04 Å². The molecule has 0 spiro atoms. The van der Waals surface area contributed by atoms with Crippen LogP contribution in [-0.2, 0) is 6.54 Å². The highest BCUT2D eigenvalue weighted by molar-refractivity contribution is 9.10. The van der Waals surface area contributed by atoms with Gasteiger partial charge in [-0.25, -0.2) is 0 Å². The van der Waals surface area contributed by atoms with Crippen LogP contribution in [0.3, 0.4) is 0 Å². The highest BCUT2D eigenvalue weighted by atomic mass is 79.9. The molecule has 1 N–H and O–H groups in total. The molecule has 4 heteroatoms. The van der Waals surface area contributed by atoms with Crippen LogP contribution < -0.4 is 5.32 Å². The summed E-state index contributed by atoms with van der Waals surface area (Å²) in [4.78, 5) is 0. The lowest BCUT2D eigenvalue weighted by molar-refractivity contribution is 0.426. The van der Waals surface area contributed by atoms with Crippen molar-refractivity contribution in [1.29, 1.82) is 0 Å². The fourth-order valence-electron chi connectivity index (χ4n) is 2.23. The molecular formula is C16H22BrN3. The molecule has 0 aliphatic rings. The summed E-state index contributed by atoms with van der Waals surface area (Å²) in [6.45, 7) is 7.25. The normalized spacial score (nSPS) is 11.1. The maximum Gasteiger partial charge on any atom is 0.0815 e. The fraction of sp³-hybridized carbons (Fsp3) is 0.438. The number of nitrogens with one attached hydrogen (secondary N) is 1. The van der Waals surface area contributed by atoms with Gasteiger partial charge in [-0.2, -0.15) is 5.10 Å². The Balaban J connectivity index is 1.98. The molecule has 1 aromatic carbocycles. The molecule has 20 heavy (non-hydrogen) atoms. The van der Waals surface area contributed by atoms with Gasteiger partial charge in [-0.1, -0.05) is 35.8 Å². The molecule has 0 unspecified atom stereocenters. The van der Waals surface area contributed by atoms with Crippen LogP contribution in [0.25, 0.3) is 0 Å². The topological polar surface area (TPSA) is 29.9 Å². The zero-order valence-electron chi connectivity index (χ0n) is 12.4. The molecule has 2 rings (SSSR count). The number of rotatable bonds is 6. The van der Waals surface area contributed by atoms with Crippen LogP contribution in [0.1, 0.15) is 44.0 Å². The second-order valence-corrected chi connectivity index (χ2v) is 5.93. The average molecular weight is 336 g/mol. The molecule has 1 heterocycles. The van der Waals surface area contributed by atoms with Gasteiger partial charge in [-0.05, 0) is 43.5 Å². The maximum absolute atomic E-state index is 4.65. The van der Waals surface area contributed by atoms with E-state index in [4.69, 9.17) is 0 Å². The van der Waals surface area contributed by atoms with Crippen molar-refractivity contribution in [3.63, 3.8) is 0 Å². The van der Waals surface area contributed by atoms with Crippen LogP contribution >= 0.6 is 15.9 Å². The molecule has 1 aromatic heterocycles. The van der Waals surface area contributed by atoms with Crippen LogP contribution in [0.2, 0.25) is 0 Å². The van der Waals surface area contributed by atoms with Gasteiger partial charge in [0.2, 0.25) is 0 Å². The van der Waals surface area contributed by atoms with Gasteiger partial charge >= 0.3 is 0 Å². The molecule has 0 saturated carbocycles. The number of aryl methyl sites for hydroxylation is 1. The summed E-state index contributed by atoms with van der Waals surface area (Å²) in [7, 11) is 0. The molecular weight excluding hydrogens is 314 g/mol. The first kappa shape index (κ1) is 15.1. The Bertz CT molecular complexity index is 559. The summed E-state index contributed by atoms with van der Waals surface area (Å²) in [6.07, 6.45) is 4.33. The third-order valence-corrected chi connectivity index (χ3v) is 4.48. The summed E-state index contributed by atoms with van der Waals surface area (Å²) in [6, 6.07) is 8.91. The Morgan fingerprint density at radius 1 is 1.25 bits per heavy atom. The monoisotopic (exact) mass is 335 g/mol. The second-order valence-electron chi connectivity index (χ2n) is 5.07. The predicted octanol–water partition coefficient (Wildman–Crippen LogP) is 4.93. The molecule has 108 valence electrons. The van der Waals surface area contributed by atoms with Gasteiger partial charge < -0.3 is 5.32 Å². The number of nitrogens with zero attached hydrogens (tertiary/aromatic N) is 2. The summed E-state index contributed by atoms with van der Waals surface area (Å²) in [5.41, 5.74) is 3.43. The maximum atomic E-state index is 4.65. The highest BCUT2D eigenvalue weighted by Gasteiger charge is 2.07. The zero-order chi connectivity index (χ0) is 14.5. The summed E-state index contributed by atoms with van der Waals surface area (Å²) < 4.78 is 3.22. The van der Waals surface area contributed by atoms with E-state index in [1.807, 2.05) is 0 Å². The first-order chi connectivity index (χ1) is 9.63. The third-order valence-electron chi connectivity index (χ3n) is 3.63. The van der Waals surface area contributed by atoms with Gasteiger partial charge in [0.1, 0.15) is 0 Å². The number of hydrogen-bond acceptors (Lipinski definition) is 2. The number of anilines is 1. The van der Waals surface area contributed by atoms with E-state index in [-0.39, 0.29) is 0 Å². The van der Waals surface area contributed by atoms with Gasteiger partial charge in [-0.15, -0.1) is 0 Å². The molecule has 0 amide bonds. The van der Waals surface area contributed by atoms with E-state index >= 15 is 0 Å². The van der Waals surface area contributed by atoms with Gasteiger partial charge in [0.05, 0.1) is 18.3 Å². The fourth-order valence-corrected chi connectivity index (χ4v) is 2.61. The van der Waals surface area contributed by atoms with E-state index in [1.54, 1.807) is 0 Å². The van der Waals surface area contributed by atoms with Crippen molar-refractivity contribution in [2.45, 2.75) is 46.2 Å². The Morgan fingerprint density at radius 2 is 2.00 bits per heavy atom. The number of aromatic nitrogens is 2. The minimum Gasteiger partial charge on any atom is -0.379 e.